The molecular formula is C15H28N2O2. The van der Waals surface area contributed by atoms with Gasteiger partial charge in [-0.05, 0) is 30.6 Å². The summed E-state index contributed by atoms with van der Waals surface area (Å²) in [5, 5.41) is 6.46. The fraction of sp³-hybridized carbons (Fsp3) is 0.933. The lowest BCUT2D eigenvalue weighted by molar-refractivity contribution is -0.135. The van der Waals surface area contributed by atoms with E-state index in [-0.39, 0.29) is 12.0 Å². The van der Waals surface area contributed by atoms with Crippen LogP contribution in [0.15, 0.2) is 0 Å². The van der Waals surface area contributed by atoms with Crippen LogP contribution in [0.4, 0.5) is 0 Å². The van der Waals surface area contributed by atoms with Gasteiger partial charge in [0.2, 0.25) is 0 Å². The molecule has 2 fully saturated rings. The fourth-order valence-electron chi connectivity index (χ4n) is 3.38. The van der Waals surface area contributed by atoms with Gasteiger partial charge in [0.05, 0.1) is 6.61 Å². The van der Waals surface area contributed by atoms with Crippen molar-refractivity contribution in [2.45, 2.75) is 52.2 Å². The van der Waals surface area contributed by atoms with Gasteiger partial charge >= 0.3 is 0 Å². The summed E-state index contributed by atoms with van der Waals surface area (Å²) in [6.45, 7) is 8.93. The number of nitrogens with one attached hydrogen (secondary N) is 2. The van der Waals surface area contributed by atoms with Crippen LogP contribution in [0.1, 0.15) is 40.0 Å². The van der Waals surface area contributed by atoms with Gasteiger partial charge in [0.1, 0.15) is 6.10 Å². The lowest BCUT2D eigenvalue weighted by Crippen LogP contribution is -2.53. The third kappa shape index (κ3) is 3.93. The van der Waals surface area contributed by atoms with Crippen LogP contribution < -0.4 is 10.6 Å². The van der Waals surface area contributed by atoms with Crippen LogP contribution in [0.3, 0.4) is 0 Å². The van der Waals surface area contributed by atoms with Crippen molar-refractivity contribution in [3.05, 3.63) is 0 Å². The number of hydrogen-bond acceptors (Lipinski definition) is 3. The standard InChI is InChI=1S/C15H28N2O2/c1-10(2)12-5-4-11(3)8-13(12)17-15(18)14-9-16-6-7-19-14/h10-14,16H,4-9H2,1-3H3,(H,17,18). The van der Waals surface area contributed by atoms with E-state index in [4.69, 9.17) is 4.74 Å². The first-order valence-electron chi connectivity index (χ1n) is 7.70. The highest BCUT2D eigenvalue weighted by molar-refractivity contribution is 5.81. The Morgan fingerprint density at radius 2 is 2.16 bits per heavy atom. The molecule has 2 aliphatic rings. The Balaban J connectivity index is 1.92. The van der Waals surface area contributed by atoms with Crippen molar-refractivity contribution in [3.63, 3.8) is 0 Å². The summed E-state index contributed by atoms with van der Waals surface area (Å²) in [6.07, 6.45) is 3.32. The van der Waals surface area contributed by atoms with Crippen LogP contribution in [-0.4, -0.2) is 37.7 Å². The van der Waals surface area contributed by atoms with Crippen LogP contribution >= 0.6 is 0 Å². The second-order valence-electron chi connectivity index (χ2n) is 6.50. The zero-order chi connectivity index (χ0) is 13.8. The van der Waals surface area contributed by atoms with Gasteiger partial charge in [-0.3, -0.25) is 4.79 Å². The van der Waals surface area contributed by atoms with Gasteiger partial charge in [-0.15, -0.1) is 0 Å². The Morgan fingerprint density at radius 1 is 1.37 bits per heavy atom. The molecule has 0 bridgehead atoms. The third-order valence-electron chi connectivity index (χ3n) is 4.57. The fourth-order valence-corrected chi connectivity index (χ4v) is 3.38. The molecule has 4 nitrogen and oxygen atoms in total. The molecule has 1 amide bonds. The molecule has 4 heteroatoms. The second kappa shape index (κ2) is 6.71. The smallest absolute Gasteiger partial charge is 0.250 e. The molecule has 2 rings (SSSR count). The largest absolute Gasteiger partial charge is 0.366 e. The van der Waals surface area contributed by atoms with Crippen molar-refractivity contribution >= 4 is 5.91 Å². The van der Waals surface area contributed by atoms with Gasteiger partial charge in [0.15, 0.2) is 0 Å². The number of hydrogen-bond donors (Lipinski definition) is 2. The highest BCUT2D eigenvalue weighted by Crippen LogP contribution is 2.33. The Bertz CT molecular complexity index is 301. The molecule has 2 N–H and O–H groups in total. The summed E-state index contributed by atoms with van der Waals surface area (Å²) in [4.78, 5) is 12.3. The lowest BCUT2D eigenvalue weighted by Gasteiger charge is -2.38. The molecule has 0 spiro atoms. The summed E-state index contributed by atoms with van der Waals surface area (Å²) >= 11 is 0. The maximum Gasteiger partial charge on any atom is 0.250 e. The maximum atomic E-state index is 12.3. The van der Waals surface area contributed by atoms with E-state index >= 15 is 0 Å². The maximum absolute atomic E-state index is 12.3. The number of ether oxygens (including phenoxy) is 1. The molecule has 0 aromatic carbocycles. The quantitative estimate of drug-likeness (QED) is 0.816. The number of carbonyl (C=O) groups is 1. The topological polar surface area (TPSA) is 50.4 Å². The minimum Gasteiger partial charge on any atom is -0.366 e. The van der Waals surface area contributed by atoms with Crippen molar-refractivity contribution in [2.24, 2.45) is 17.8 Å². The molecule has 4 unspecified atom stereocenters. The van der Waals surface area contributed by atoms with Gasteiger partial charge in [-0.1, -0.05) is 27.2 Å². The van der Waals surface area contributed by atoms with E-state index in [2.05, 4.69) is 31.4 Å². The van der Waals surface area contributed by atoms with Crippen molar-refractivity contribution in [2.75, 3.05) is 19.7 Å². The van der Waals surface area contributed by atoms with E-state index in [1.165, 1.54) is 12.8 Å². The van der Waals surface area contributed by atoms with Gasteiger partial charge in [0.25, 0.3) is 5.91 Å². The van der Waals surface area contributed by atoms with Crippen LogP contribution in [0.5, 0.6) is 0 Å². The molecule has 1 saturated heterocycles. The first-order valence-corrected chi connectivity index (χ1v) is 7.70. The Hall–Kier alpha value is -0.610. The van der Waals surface area contributed by atoms with E-state index in [0.717, 1.165) is 13.0 Å². The normalized spacial score (nSPS) is 36.2. The van der Waals surface area contributed by atoms with Crippen molar-refractivity contribution in [3.8, 4) is 0 Å². The predicted molar refractivity (Wildman–Crippen MR) is 75.9 cm³/mol. The molecular weight excluding hydrogens is 240 g/mol. The zero-order valence-electron chi connectivity index (χ0n) is 12.4. The number of morpholine rings is 1. The molecule has 0 aromatic rings. The minimum atomic E-state index is -0.307. The molecule has 110 valence electrons. The molecule has 0 radical (unpaired) electrons. The summed E-state index contributed by atoms with van der Waals surface area (Å²) in [5.41, 5.74) is 0. The van der Waals surface area contributed by atoms with E-state index in [1.807, 2.05) is 0 Å². The summed E-state index contributed by atoms with van der Waals surface area (Å²) in [7, 11) is 0. The van der Waals surface area contributed by atoms with Crippen molar-refractivity contribution in [1.82, 2.24) is 10.6 Å². The summed E-state index contributed by atoms with van der Waals surface area (Å²) in [6, 6.07) is 0.321. The van der Waals surface area contributed by atoms with E-state index in [1.54, 1.807) is 0 Å². The van der Waals surface area contributed by atoms with Crippen molar-refractivity contribution in [1.29, 1.82) is 0 Å². The van der Waals surface area contributed by atoms with Gasteiger partial charge in [-0.2, -0.15) is 0 Å². The van der Waals surface area contributed by atoms with E-state index in [9.17, 15) is 4.79 Å². The molecule has 4 atom stereocenters. The average Bonchev–Trinajstić information content (AvgIpc) is 2.39. The summed E-state index contributed by atoms with van der Waals surface area (Å²) < 4.78 is 5.53. The summed E-state index contributed by atoms with van der Waals surface area (Å²) in [5.74, 6) is 2.02. The number of rotatable bonds is 3. The van der Waals surface area contributed by atoms with Gasteiger partial charge in [0, 0.05) is 19.1 Å². The van der Waals surface area contributed by atoms with Crippen LogP contribution in [0.2, 0.25) is 0 Å². The molecule has 19 heavy (non-hydrogen) atoms. The van der Waals surface area contributed by atoms with Crippen LogP contribution in [0, 0.1) is 17.8 Å². The average molecular weight is 268 g/mol. The molecule has 1 heterocycles. The second-order valence-corrected chi connectivity index (χ2v) is 6.50. The van der Waals surface area contributed by atoms with E-state index < -0.39 is 0 Å². The predicted octanol–water partition coefficient (Wildman–Crippen LogP) is 1.55. The third-order valence-corrected chi connectivity index (χ3v) is 4.57. The monoisotopic (exact) mass is 268 g/mol. The molecule has 1 aliphatic carbocycles. The molecule has 1 saturated carbocycles. The molecule has 1 aliphatic heterocycles. The first kappa shape index (κ1) is 14.8. The van der Waals surface area contributed by atoms with E-state index in [0.29, 0.717) is 36.9 Å². The lowest BCUT2D eigenvalue weighted by atomic mass is 9.74. The number of amides is 1. The van der Waals surface area contributed by atoms with Crippen molar-refractivity contribution < 1.29 is 9.53 Å². The highest BCUT2D eigenvalue weighted by Gasteiger charge is 2.33. The SMILES string of the molecule is CC1CCC(C(C)C)C(NC(=O)C2CNCCO2)C1. The number of carbonyl (C=O) groups excluding carboxylic acids is 1. The molecule has 0 aromatic heterocycles. The van der Waals surface area contributed by atoms with Crippen LogP contribution in [-0.2, 0) is 9.53 Å². The first-order chi connectivity index (χ1) is 9.08. The van der Waals surface area contributed by atoms with Crippen LogP contribution in [0.25, 0.3) is 0 Å². The highest BCUT2D eigenvalue weighted by atomic mass is 16.5. The van der Waals surface area contributed by atoms with Gasteiger partial charge in [-0.25, -0.2) is 0 Å². The minimum absolute atomic E-state index is 0.0666. The zero-order valence-corrected chi connectivity index (χ0v) is 12.4. The Kier molecular flexibility index (Phi) is 5.22. The Morgan fingerprint density at radius 3 is 2.79 bits per heavy atom. The Labute approximate surface area is 116 Å². The van der Waals surface area contributed by atoms with Gasteiger partial charge < -0.3 is 15.4 Å².